The Bertz CT molecular complexity index is 1150. The molecule has 0 saturated heterocycles. The number of carbonyl (C=O) groups excluding carboxylic acids is 1. The van der Waals surface area contributed by atoms with Gasteiger partial charge in [-0.25, -0.2) is 0 Å². The minimum absolute atomic E-state index is 0.00924. The number of nitrogens with one attached hydrogen (secondary N) is 1. The van der Waals surface area contributed by atoms with Gasteiger partial charge in [-0.3, -0.25) is 9.89 Å². The number of H-pyrrole nitrogens is 1. The number of hydrogen-bond donors (Lipinski definition) is 1. The lowest BCUT2D eigenvalue weighted by Crippen LogP contribution is -2.30. The van der Waals surface area contributed by atoms with Crippen LogP contribution in [0.2, 0.25) is 0 Å². The number of rotatable bonds is 2. The maximum absolute atomic E-state index is 13.4. The molecule has 5 heteroatoms. The van der Waals surface area contributed by atoms with Crippen LogP contribution in [0.15, 0.2) is 73.1 Å². The number of hydrogen-bond acceptors (Lipinski definition) is 2. The number of para-hydroxylation sites is 1. The van der Waals surface area contributed by atoms with Crippen molar-refractivity contribution in [1.29, 1.82) is 0 Å². The zero-order chi connectivity index (χ0) is 19.1. The first-order chi connectivity index (χ1) is 13.7. The zero-order valence-corrected chi connectivity index (χ0v) is 15.6. The molecule has 0 bridgehead atoms. The molecule has 2 aromatic carbocycles. The fourth-order valence-electron chi connectivity index (χ4n) is 3.84. The first kappa shape index (κ1) is 16.6. The highest BCUT2D eigenvalue weighted by Gasteiger charge is 2.24. The third-order valence-electron chi connectivity index (χ3n) is 5.36. The summed E-state index contributed by atoms with van der Waals surface area (Å²) in [6.07, 6.45) is 3.87. The summed E-state index contributed by atoms with van der Waals surface area (Å²) in [4.78, 5) is 15.3. The van der Waals surface area contributed by atoms with Crippen molar-refractivity contribution in [3.63, 3.8) is 0 Å². The maximum atomic E-state index is 13.4. The average Bonchev–Trinajstić information content (AvgIpc) is 3.32. The average molecular weight is 368 g/mol. The second-order valence-corrected chi connectivity index (χ2v) is 7.15. The van der Waals surface area contributed by atoms with Crippen molar-refractivity contribution in [1.82, 2.24) is 14.8 Å². The van der Waals surface area contributed by atoms with Gasteiger partial charge in [-0.05, 0) is 53.9 Å². The summed E-state index contributed by atoms with van der Waals surface area (Å²) in [6, 6.07) is 20.0. The fraction of sp³-hybridized carbons (Fsp3) is 0.130. The summed E-state index contributed by atoms with van der Waals surface area (Å²) >= 11 is 0. The van der Waals surface area contributed by atoms with Gasteiger partial charge < -0.3 is 9.47 Å². The molecule has 1 aliphatic heterocycles. The third kappa shape index (κ3) is 2.72. The van der Waals surface area contributed by atoms with Crippen molar-refractivity contribution in [3.8, 4) is 11.3 Å². The quantitative estimate of drug-likeness (QED) is 0.570. The molecule has 2 aromatic heterocycles. The molecule has 1 amide bonds. The van der Waals surface area contributed by atoms with E-state index in [0.717, 1.165) is 40.3 Å². The van der Waals surface area contributed by atoms with Crippen LogP contribution in [0, 0.1) is 6.92 Å². The van der Waals surface area contributed by atoms with Gasteiger partial charge in [0.1, 0.15) is 0 Å². The molecule has 1 N–H and O–H groups in total. The standard InChI is InChI=1S/C23H20N4O/c1-16-13-24-25-22(16)17-8-10-18(11-9-17)23(28)27-15-20-6-4-12-26(20)14-19-5-2-3-7-21(19)27/h2-13H,14-15H2,1H3,(H,24,25). The smallest absolute Gasteiger partial charge is 0.258 e. The first-order valence-corrected chi connectivity index (χ1v) is 9.35. The van der Waals surface area contributed by atoms with Gasteiger partial charge in [0.05, 0.1) is 18.4 Å². The van der Waals surface area contributed by atoms with Gasteiger partial charge in [0.25, 0.3) is 5.91 Å². The normalized spacial score (nSPS) is 13.0. The van der Waals surface area contributed by atoms with Crippen LogP contribution in [0.1, 0.15) is 27.2 Å². The molecule has 138 valence electrons. The van der Waals surface area contributed by atoms with Gasteiger partial charge in [-0.2, -0.15) is 5.10 Å². The Balaban J connectivity index is 1.52. The van der Waals surface area contributed by atoms with Crippen LogP contribution in [-0.4, -0.2) is 20.7 Å². The molecule has 0 unspecified atom stereocenters. The van der Waals surface area contributed by atoms with Gasteiger partial charge in [0.2, 0.25) is 0 Å². The molecule has 5 nitrogen and oxygen atoms in total. The highest BCUT2D eigenvalue weighted by atomic mass is 16.2. The number of anilines is 1. The van der Waals surface area contributed by atoms with Gasteiger partial charge in [-0.15, -0.1) is 0 Å². The van der Waals surface area contributed by atoms with Crippen molar-refractivity contribution in [2.45, 2.75) is 20.0 Å². The molecule has 0 aliphatic carbocycles. The van der Waals surface area contributed by atoms with E-state index in [9.17, 15) is 4.79 Å². The van der Waals surface area contributed by atoms with Gasteiger partial charge in [-0.1, -0.05) is 30.3 Å². The van der Waals surface area contributed by atoms with Crippen LogP contribution in [0.25, 0.3) is 11.3 Å². The van der Waals surface area contributed by atoms with Crippen molar-refractivity contribution in [3.05, 3.63) is 95.4 Å². The highest BCUT2D eigenvalue weighted by molar-refractivity contribution is 6.06. The minimum Gasteiger partial charge on any atom is -0.345 e. The Morgan fingerprint density at radius 3 is 2.61 bits per heavy atom. The summed E-state index contributed by atoms with van der Waals surface area (Å²) in [7, 11) is 0. The van der Waals surface area contributed by atoms with E-state index in [1.54, 1.807) is 6.20 Å². The second kappa shape index (κ2) is 6.53. The van der Waals surface area contributed by atoms with Crippen molar-refractivity contribution < 1.29 is 4.79 Å². The lowest BCUT2D eigenvalue weighted by Gasteiger charge is -2.23. The molecule has 28 heavy (non-hydrogen) atoms. The topological polar surface area (TPSA) is 53.9 Å². The van der Waals surface area contributed by atoms with E-state index in [4.69, 9.17) is 0 Å². The molecule has 0 spiro atoms. The first-order valence-electron chi connectivity index (χ1n) is 9.35. The van der Waals surface area contributed by atoms with Gasteiger partial charge in [0.15, 0.2) is 0 Å². The van der Waals surface area contributed by atoms with Crippen LogP contribution in [0.4, 0.5) is 5.69 Å². The number of amides is 1. The molecule has 5 rings (SSSR count). The maximum Gasteiger partial charge on any atom is 0.258 e. The second-order valence-electron chi connectivity index (χ2n) is 7.15. The van der Waals surface area contributed by atoms with Gasteiger partial charge in [0, 0.05) is 29.7 Å². The number of aryl methyl sites for hydroxylation is 1. The predicted octanol–water partition coefficient (Wildman–Crippen LogP) is 4.40. The lowest BCUT2D eigenvalue weighted by atomic mass is 10.1. The van der Waals surface area contributed by atoms with Crippen molar-refractivity contribution >= 4 is 11.6 Å². The molecular formula is C23H20N4O. The largest absolute Gasteiger partial charge is 0.345 e. The Kier molecular flexibility index (Phi) is 3.86. The minimum atomic E-state index is 0.00924. The van der Waals surface area contributed by atoms with Gasteiger partial charge >= 0.3 is 0 Å². The van der Waals surface area contributed by atoms with E-state index in [1.807, 2.05) is 60.4 Å². The van der Waals surface area contributed by atoms with Crippen molar-refractivity contribution in [2.24, 2.45) is 0 Å². The molecule has 3 heterocycles. The van der Waals surface area contributed by atoms with Crippen LogP contribution >= 0.6 is 0 Å². The lowest BCUT2D eigenvalue weighted by molar-refractivity contribution is 0.0985. The predicted molar refractivity (Wildman–Crippen MR) is 109 cm³/mol. The molecule has 1 aliphatic rings. The number of aromatic amines is 1. The fourth-order valence-corrected chi connectivity index (χ4v) is 3.84. The molecule has 4 aromatic rings. The third-order valence-corrected chi connectivity index (χ3v) is 5.36. The number of nitrogens with zero attached hydrogens (tertiary/aromatic N) is 3. The van der Waals surface area contributed by atoms with E-state index in [1.165, 1.54) is 0 Å². The van der Waals surface area contributed by atoms with E-state index < -0.39 is 0 Å². The Morgan fingerprint density at radius 2 is 1.82 bits per heavy atom. The number of fused-ring (bicyclic) bond motifs is 2. The molecule has 0 radical (unpaired) electrons. The summed E-state index contributed by atoms with van der Waals surface area (Å²) in [5, 5.41) is 7.09. The number of carbonyl (C=O) groups is 1. The van der Waals surface area contributed by atoms with E-state index in [-0.39, 0.29) is 5.91 Å². The molecule has 0 saturated carbocycles. The van der Waals surface area contributed by atoms with Crippen LogP contribution < -0.4 is 4.90 Å². The summed E-state index contributed by atoms with van der Waals surface area (Å²) in [6.45, 7) is 3.35. The van der Waals surface area contributed by atoms with E-state index in [0.29, 0.717) is 12.1 Å². The Hall–Kier alpha value is -3.60. The summed E-state index contributed by atoms with van der Waals surface area (Å²) in [5.74, 6) is 0.00924. The number of aromatic nitrogens is 3. The monoisotopic (exact) mass is 368 g/mol. The number of benzene rings is 2. The molecular weight excluding hydrogens is 348 g/mol. The zero-order valence-electron chi connectivity index (χ0n) is 15.6. The van der Waals surface area contributed by atoms with Crippen LogP contribution in [0.3, 0.4) is 0 Å². The molecule has 0 atom stereocenters. The highest BCUT2D eigenvalue weighted by Crippen LogP contribution is 2.29. The molecule has 0 fully saturated rings. The SMILES string of the molecule is Cc1cn[nH]c1-c1ccc(C(=O)N2Cc3cccn3Cc3ccccc32)cc1. The van der Waals surface area contributed by atoms with Crippen LogP contribution in [0.5, 0.6) is 0 Å². The van der Waals surface area contributed by atoms with E-state index >= 15 is 0 Å². The Labute approximate surface area is 163 Å². The van der Waals surface area contributed by atoms with Crippen molar-refractivity contribution in [2.75, 3.05) is 4.90 Å². The van der Waals surface area contributed by atoms with E-state index in [2.05, 4.69) is 33.1 Å². The van der Waals surface area contributed by atoms with Crippen LogP contribution in [-0.2, 0) is 13.1 Å². The Morgan fingerprint density at radius 1 is 1.00 bits per heavy atom. The summed E-state index contributed by atoms with van der Waals surface area (Å²) < 4.78 is 2.20. The summed E-state index contributed by atoms with van der Waals surface area (Å²) in [5.41, 5.74) is 7.03.